The molecule has 4 heteroatoms. The summed E-state index contributed by atoms with van der Waals surface area (Å²) < 4.78 is 0. The number of carboxylic acids is 1. The van der Waals surface area contributed by atoms with E-state index in [9.17, 15) is 14.7 Å². The largest absolute Gasteiger partial charge is 0.550 e. The Hall–Kier alpha value is -1.06. The number of carboxylic acid groups (broad SMARTS) is 1. The normalized spacial score (nSPS) is 12.1. The maximum absolute atomic E-state index is 11.7. The van der Waals surface area contributed by atoms with Crippen molar-refractivity contribution in [2.75, 3.05) is 0 Å². The minimum absolute atomic E-state index is 0.0471. The van der Waals surface area contributed by atoms with Gasteiger partial charge in [-0.1, -0.05) is 51.9 Å². The summed E-state index contributed by atoms with van der Waals surface area (Å²) in [5, 5.41) is 13.2. The quantitative estimate of drug-likeness (QED) is 0.501. The van der Waals surface area contributed by atoms with E-state index in [-0.39, 0.29) is 18.4 Å². The first-order valence-corrected chi connectivity index (χ1v) is 8.55. The van der Waals surface area contributed by atoms with E-state index in [4.69, 9.17) is 0 Å². The highest BCUT2D eigenvalue weighted by molar-refractivity contribution is 5.76. The van der Waals surface area contributed by atoms with Gasteiger partial charge in [0.15, 0.2) is 0 Å². The van der Waals surface area contributed by atoms with Crippen LogP contribution >= 0.6 is 0 Å². The van der Waals surface area contributed by atoms with Crippen LogP contribution in [-0.2, 0) is 9.59 Å². The maximum Gasteiger partial charge on any atom is 0.220 e. The Labute approximate surface area is 129 Å². The standard InChI is InChI=1S/C17H33NO3/c1-3-4-5-6-7-8-9-10-13-16(19)18-15(2)12-11-14-17(20)21/h15H,3-14H2,1-2H3,(H,18,19)(H,20,21)/p-1. The van der Waals surface area contributed by atoms with Gasteiger partial charge in [0.1, 0.15) is 0 Å². The Bertz CT molecular complexity index is 279. The first-order valence-electron chi connectivity index (χ1n) is 8.55. The molecule has 4 nitrogen and oxygen atoms in total. The number of nitrogens with one attached hydrogen (secondary N) is 1. The highest BCUT2D eigenvalue weighted by atomic mass is 16.4. The van der Waals surface area contributed by atoms with Crippen LogP contribution in [0.15, 0.2) is 0 Å². The summed E-state index contributed by atoms with van der Waals surface area (Å²) >= 11 is 0. The predicted octanol–water partition coefficient (Wildman–Crippen LogP) is 2.94. The van der Waals surface area contributed by atoms with Crippen LogP contribution in [0.4, 0.5) is 0 Å². The monoisotopic (exact) mass is 298 g/mol. The number of carbonyl (C=O) groups excluding carboxylic acids is 2. The molecule has 0 aliphatic carbocycles. The van der Waals surface area contributed by atoms with Crippen molar-refractivity contribution in [2.45, 2.75) is 96.9 Å². The van der Waals surface area contributed by atoms with Crippen molar-refractivity contribution in [3.63, 3.8) is 0 Å². The molecule has 0 aromatic rings. The SMILES string of the molecule is CCCCCCCCCCC(=O)NC(C)CCCC(=O)[O-]. The van der Waals surface area contributed by atoms with Crippen LogP contribution < -0.4 is 10.4 Å². The van der Waals surface area contributed by atoms with Gasteiger partial charge >= 0.3 is 0 Å². The van der Waals surface area contributed by atoms with Crippen LogP contribution in [0.25, 0.3) is 0 Å². The van der Waals surface area contributed by atoms with Crippen molar-refractivity contribution >= 4 is 11.9 Å². The third-order valence-corrected chi connectivity index (χ3v) is 3.68. The van der Waals surface area contributed by atoms with Gasteiger partial charge in [0.2, 0.25) is 5.91 Å². The highest BCUT2D eigenvalue weighted by Gasteiger charge is 2.06. The molecule has 0 rings (SSSR count). The van der Waals surface area contributed by atoms with E-state index in [2.05, 4.69) is 12.2 Å². The van der Waals surface area contributed by atoms with E-state index >= 15 is 0 Å². The van der Waals surface area contributed by atoms with Crippen LogP contribution in [0.5, 0.6) is 0 Å². The lowest BCUT2D eigenvalue weighted by molar-refractivity contribution is -0.305. The predicted molar refractivity (Wildman–Crippen MR) is 83.7 cm³/mol. The van der Waals surface area contributed by atoms with E-state index in [1.807, 2.05) is 6.92 Å². The van der Waals surface area contributed by atoms with Crippen molar-refractivity contribution in [1.29, 1.82) is 0 Å². The summed E-state index contributed by atoms with van der Waals surface area (Å²) in [4.78, 5) is 22.0. The molecule has 124 valence electrons. The van der Waals surface area contributed by atoms with Crippen molar-refractivity contribution in [3.8, 4) is 0 Å². The van der Waals surface area contributed by atoms with Crippen molar-refractivity contribution in [1.82, 2.24) is 5.32 Å². The van der Waals surface area contributed by atoms with E-state index in [1.54, 1.807) is 0 Å². The second-order valence-electron chi connectivity index (χ2n) is 5.96. The van der Waals surface area contributed by atoms with Gasteiger partial charge in [0.05, 0.1) is 0 Å². The highest BCUT2D eigenvalue weighted by Crippen LogP contribution is 2.09. The summed E-state index contributed by atoms with van der Waals surface area (Å²) in [6.07, 6.45) is 11.7. The average molecular weight is 298 g/mol. The number of hydrogen-bond acceptors (Lipinski definition) is 3. The van der Waals surface area contributed by atoms with E-state index in [0.29, 0.717) is 19.3 Å². The Kier molecular flexibility index (Phi) is 13.2. The number of unbranched alkanes of at least 4 members (excludes halogenated alkanes) is 7. The Balaban J connectivity index is 3.38. The molecule has 0 aromatic heterocycles. The van der Waals surface area contributed by atoms with Gasteiger partial charge in [-0.3, -0.25) is 4.79 Å². The molecule has 0 radical (unpaired) electrons. The smallest absolute Gasteiger partial charge is 0.220 e. The van der Waals surface area contributed by atoms with Gasteiger partial charge < -0.3 is 15.2 Å². The van der Waals surface area contributed by atoms with E-state index < -0.39 is 5.97 Å². The van der Waals surface area contributed by atoms with Crippen LogP contribution in [-0.4, -0.2) is 17.9 Å². The van der Waals surface area contributed by atoms with Crippen LogP contribution in [0, 0.1) is 0 Å². The van der Waals surface area contributed by atoms with Gasteiger partial charge in [-0.15, -0.1) is 0 Å². The molecule has 0 aromatic carbocycles. The van der Waals surface area contributed by atoms with Crippen molar-refractivity contribution in [3.05, 3.63) is 0 Å². The molecule has 21 heavy (non-hydrogen) atoms. The first kappa shape index (κ1) is 19.9. The zero-order valence-corrected chi connectivity index (χ0v) is 13.8. The minimum atomic E-state index is -1.02. The fourth-order valence-corrected chi connectivity index (χ4v) is 2.39. The molecule has 0 heterocycles. The van der Waals surface area contributed by atoms with Crippen molar-refractivity contribution < 1.29 is 14.7 Å². The number of aliphatic carboxylic acids is 1. The van der Waals surface area contributed by atoms with Gasteiger partial charge in [0, 0.05) is 18.4 Å². The summed E-state index contributed by atoms with van der Waals surface area (Å²) in [6.45, 7) is 4.14. The number of hydrogen-bond donors (Lipinski definition) is 1. The third kappa shape index (κ3) is 15.2. The molecule has 0 aliphatic heterocycles. The van der Waals surface area contributed by atoms with Gasteiger partial charge in [-0.25, -0.2) is 0 Å². The summed E-state index contributed by atoms with van der Waals surface area (Å²) in [5.41, 5.74) is 0. The minimum Gasteiger partial charge on any atom is -0.550 e. The first-order chi connectivity index (χ1) is 10.1. The van der Waals surface area contributed by atoms with Gasteiger partial charge in [0.25, 0.3) is 0 Å². The molecule has 1 unspecified atom stereocenters. The Morgan fingerprint density at radius 3 is 2.05 bits per heavy atom. The molecule has 1 N–H and O–H groups in total. The Morgan fingerprint density at radius 1 is 0.905 bits per heavy atom. The van der Waals surface area contributed by atoms with Gasteiger partial charge in [-0.2, -0.15) is 0 Å². The molecule has 1 amide bonds. The lowest BCUT2D eigenvalue weighted by Gasteiger charge is -2.14. The lowest BCUT2D eigenvalue weighted by atomic mass is 10.1. The van der Waals surface area contributed by atoms with Gasteiger partial charge in [-0.05, 0) is 32.6 Å². The van der Waals surface area contributed by atoms with E-state index in [1.165, 1.54) is 38.5 Å². The zero-order valence-electron chi connectivity index (χ0n) is 13.8. The van der Waals surface area contributed by atoms with E-state index in [0.717, 1.165) is 12.8 Å². The summed E-state index contributed by atoms with van der Waals surface area (Å²) in [6, 6.07) is 0.0471. The van der Waals surface area contributed by atoms with Crippen LogP contribution in [0.2, 0.25) is 0 Å². The maximum atomic E-state index is 11.7. The summed E-state index contributed by atoms with van der Waals surface area (Å²) in [7, 11) is 0. The second-order valence-corrected chi connectivity index (χ2v) is 5.96. The lowest BCUT2D eigenvalue weighted by Crippen LogP contribution is -2.32. The average Bonchev–Trinajstić information content (AvgIpc) is 2.41. The fourth-order valence-electron chi connectivity index (χ4n) is 2.39. The molecule has 0 saturated carbocycles. The zero-order chi connectivity index (χ0) is 15.9. The Morgan fingerprint density at radius 2 is 1.48 bits per heavy atom. The van der Waals surface area contributed by atoms with Crippen LogP contribution in [0.3, 0.4) is 0 Å². The second kappa shape index (κ2) is 13.9. The number of amides is 1. The number of carbonyl (C=O) groups is 2. The molecule has 0 aliphatic rings. The topological polar surface area (TPSA) is 69.2 Å². The summed E-state index contributed by atoms with van der Waals surface area (Å²) in [5.74, 6) is -0.936. The molecule has 0 spiro atoms. The van der Waals surface area contributed by atoms with Crippen molar-refractivity contribution in [2.24, 2.45) is 0 Å². The molecular formula is C17H32NO3-. The third-order valence-electron chi connectivity index (χ3n) is 3.68. The molecule has 0 fully saturated rings. The number of rotatable bonds is 14. The molecule has 0 bridgehead atoms. The fraction of sp³-hybridized carbons (Fsp3) is 0.882. The molecular weight excluding hydrogens is 266 g/mol. The van der Waals surface area contributed by atoms with Crippen LogP contribution in [0.1, 0.15) is 90.9 Å². The molecule has 1 atom stereocenters. The molecule has 0 saturated heterocycles.